The number of alkyl carbamates (subject to hydrolysis) is 1. The molecule has 328 valence electrons. The lowest BCUT2D eigenvalue weighted by molar-refractivity contribution is -0.361. The van der Waals surface area contributed by atoms with Gasteiger partial charge in [0.2, 0.25) is 17.6 Å². The number of aromatic nitrogens is 3. The number of ether oxygens (including phenoxy) is 2. The monoisotopic (exact) mass is 862 g/mol. The van der Waals surface area contributed by atoms with Crippen molar-refractivity contribution in [3.05, 3.63) is 89.2 Å². The summed E-state index contributed by atoms with van der Waals surface area (Å²) in [7, 11) is 1.29. The van der Waals surface area contributed by atoms with Gasteiger partial charge in [0, 0.05) is 30.1 Å². The summed E-state index contributed by atoms with van der Waals surface area (Å²) in [5.74, 6) is -16.5. The summed E-state index contributed by atoms with van der Waals surface area (Å²) in [4.78, 5) is 54.8. The Hall–Kier alpha value is -6.01. The first-order valence-corrected chi connectivity index (χ1v) is 19.2. The predicted octanol–water partition coefficient (Wildman–Crippen LogP) is 8.52. The third kappa shape index (κ3) is 11.2. The highest BCUT2D eigenvalue weighted by Gasteiger charge is 2.75. The molecule has 0 aliphatic heterocycles. The Kier molecular flexibility index (Phi) is 13.8. The number of benzene rings is 3. The number of hydrogen-bond donors (Lipinski definition) is 4. The van der Waals surface area contributed by atoms with Gasteiger partial charge in [0.25, 0.3) is 0 Å². The van der Waals surface area contributed by atoms with Gasteiger partial charge >= 0.3 is 30.1 Å². The summed E-state index contributed by atoms with van der Waals surface area (Å²) in [6.07, 6.45) is -4.73. The van der Waals surface area contributed by atoms with E-state index in [0.29, 0.717) is 43.4 Å². The van der Waals surface area contributed by atoms with Gasteiger partial charge in [-0.2, -0.15) is 35.8 Å². The maximum Gasteiger partial charge on any atom is 0.460 e. The minimum Gasteiger partial charge on any atom is -0.465 e. The van der Waals surface area contributed by atoms with Crippen LogP contribution in [0.15, 0.2) is 66.7 Å². The first kappa shape index (κ1) is 46.1. The van der Waals surface area contributed by atoms with Crippen molar-refractivity contribution in [1.82, 2.24) is 25.8 Å². The number of aromatic amines is 1. The zero-order valence-corrected chi connectivity index (χ0v) is 33.8. The first-order valence-electron chi connectivity index (χ1n) is 19.2. The summed E-state index contributed by atoms with van der Waals surface area (Å²) >= 11 is 0. The van der Waals surface area contributed by atoms with Crippen molar-refractivity contribution >= 4 is 29.6 Å². The third-order valence-corrected chi connectivity index (χ3v) is 10.1. The third-order valence-electron chi connectivity index (χ3n) is 10.1. The minimum absolute atomic E-state index is 0.0279. The second-order valence-electron chi connectivity index (χ2n) is 15.8. The molecular weight excluding hydrogens is 817 g/mol. The van der Waals surface area contributed by atoms with Crippen molar-refractivity contribution in [2.75, 3.05) is 19.0 Å². The van der Waals surface area contributed by atoms with Gasteiger partial charge in [-0.05, 0) is 118 Å². The van der Waals surface area contributed by atoms with Crippen LogP contribution in [0.25, 0.3) is 22.5 Å². The van der Waals surface area contributed by atoms with E-state index < -0.39 is 65.2 Å². The Morgan fingerprint density at radius 3 is 2.05 bits per heavy atom. The number of alkyl halides is 7. The molecule has 1 aliphatic rings. The Morgan fingerprint density at radius 1 is 0.852 bits per heavy atom. The number of H-pyrrole nitrogens is 1. The zero-order valence-electron chi connectivity index (χ0n) is 33.8. The van der Waals surface area contributed by atoms with Gasteiger partial charge in [0.05, 0.1) is 12.7 Å². The molecule has 1 fully saturated rings. The van der Waals surface area contributed by atoms with Crippen molar-refractivity contribution in [2.45, 2.75) is 89.5 Å². The van der Waals surface area contributed by atoms with Gasteiger partial charge in [0.1, 0.15) is 11.6 Å². The molecule has 5 rings (SSSR count). The van der Waals surface area contributed by atoms with E-state index in [1.807, 2.05) is 24.2 Å². The molecule has 1 aliphatic carbocycles. The smallest absolute Gasteiger partial charge is 0.460 e. The fraction of sp³-hybridized carbons (Fsp3) is 0.429. The van der Waals surface area contributed by atoms with Crippen LogP contribution in [0.2, 0.25) is 0 Å². The molecule has 0 unspecified atom stereocenters. The summed E-state index contributed by atoms with van der Waals surface area (Å²) < 4.78 is 104. The highest BCUT2D eigenvalue weighted by molar-refractivity contribution is 5.98. The van der Waals surface area contributed by atoms with Crippen molar-refractivity contribution in [2.24, 2.45) is 11.8 Å². The second-order valence-corrected chi connectivity index (χ2v) is 15.8. The number of hydrogen-bond acceptors (Lipinski definition) is 8. The number of nitrogens with zero attached hydrogens (tertiary/aromatic N) is 2. The van der Waals surface area contributed by atoms with Crippen LogP contribution in [-0.2, 0) is 31.4 Å². The molecule has 1 aromatic heterocycles. The van der Waals surface area contributed by atoms with Crippen LogP contribution in [0.5, 0.6) is 0 Å². The highest BCUT2D eigenvalue weighted by Crippen LogP contribution is 2.51. The number of anilines is 1. The summed E-state index contributed by atoms with van der Waals surface area (Å²) in [5.41, 5.74) is 3.09. The number of rotatable bonds is 13. The standard InChI is InChI=1S/C42H45F7N6O6/c1-23-20-29(36(58)60-5)16-19-31(23)26-10-6-24(7-11-26)21-32(52-34(56)28-12-8-25(9-13-28)22-50-38(59)61-39(2,3)4)35(57)51-30-17-14-27(15-18-30)33-53-37(55-54-33)40(43,44)41(45,46)42(47,48)49/h6-7,10-11,14-20,25,28,32H,8-9,12-13,21-22H2,1-5H3,(H,50,59)(H,51,57)(H,52,56)(H,53,54,55)/t25-,28-,32-/m0/s1. The lowest BCUT2D eigenvalue weighted by Crippen LogP contribution is -2.50. The van der Waals surface area contributed by atoms with E-state index in [2.05, 4.69) is 26.0 Å². The Morgan fingerprint density at radius 2 is 1.48 bits per heavy atom. The molecule has 12 nitrogen and oxygen atoms in total. The fourth-order valence-corrected chi connectivity index (χ4v) is 6.75. The van der Waals surface area contributed by atoms with E-state index in [-0.39, 0.29) is 29.5 Å². The molecule has 1 atom stereocenters. The van der Waals surface area contributed by atoms with Crippen LogP contribution in [0.1, 0.15) is 73.8 Å². The Bertz CT molecular complexity index is 2200. The number of aryl methyl sites for hydroxylation is 1. The highest BCUT2D eigenvalue weighted by atomic mass is 19.4. The van der Waals surface area contributed by atoms with E-state index in [1.165, 1.54) is 31.4 Å². The second kappa shape index (κ2) is 18.3. The average Bonchev–Trinajstić information content (AvgIpc) is 3.71. The van der Waals surface area contributed by atoms with E-state index in [1.54, 1.807) is 51.1 Å². The number of halogens is 7. The predicted molar refractivity (Wildman–Crippen MR) is 209 cm³/mol. The van der Waals surface area contributed by atoms with Crippen LogP contribution in [0.3, 0.4) is 0 Å². The van der Waals surface area contributed by atoms with E-state index in [0.717, 1.165) is 16.7 Å². The number of amides is 3. The molecular formula is C42H45F7N6O6. The van der Waals surface area contributed by atoms with Crippen molar-refractivity contribution < 1.29 is 59.4 Å². The number of nitrogens with one attached hydrogen (secondary N) is 4. The number of esters is 1. The normalized spacial score (nSPS) is 16.6. The summed E-state index contributed by atoms with van der Waals surface area (Å²) in [6.45, 7) is 7.52. The molecule has 4 aromatic rings. The molecule has 0 spiro atoms. The summed E-state index contributed by atoms with van der Waals surface area (Å²) in [5, 5.41) is 13.2. The number of carbonyl (C=O) groups is 4. The molecule has 0 radical (unpaired) electrons. The number of methoxy groups -OCH3 is 1. The molecule has 3 amide bonds. The molecule has 1 saturated carbocycles. The van der Waals surface area contributed by atoms with Gasteiger partial charge < -0.3 is 25.4 Å². The van der Waals surface area contributed by atoms with Crippen molar-refractivity contribution in [3.63, 3.8) is 0 Å². The van der Waals surface area contributed by atoms with Crippen LogP contribution < -0.4 is 16.0 Å². The van der Waals surface area contributed by atoms with E-state index >= 15 is 0 Å². The van der Waals surface area contributed by atoms with Crippen LogP contribution in [0.4, 0.5) is 41.2 Å². The molecule has 0 saturated heterocycles. The van der Waals surface area contributed by atoms with Gasteiger partial charge in [-0.3, -0.25) is 14.7 Å². The van der Waals surface area contributed by atoms with E-state index in [4.69, 9.17) is 9.47 Å². The molecule has 1 heterocycles. The van der Waals surface area contributed by atoms with Crippen LogP contribution >= 0.6 is 0 Å². The lowest BCUT2D eigenvalue weighted by Gasteiger charge is -2.29. The SMILES string of the molecule is COC(=O)c1ccc(-c2ccc(C[C@H](NC(=O)[C@H]3CC[C@H](CNC(=O)OC(C)(C)C)CC3)C(=O)Nc3ccc(-c4nc(C(F)(F)C(F)(F)C(F)(F)F)n[nH]4)cc3)cc2)c(C)c1. The quantitative estimate of drug-likeness (QED) is 0.0768. The fourth-order valence-electron chi connectivity index (χ4n) is 6.75. The topological polar surface area (TPSA) is 164 Å². The maximum atomic E-state index is 14.2. The van der Waals surface area contributed by atoms with Gasteiger partial charge in [-0.25, -0.2) is 14.6 Å². The van der Waals surface area contributed by atoms with Crippen LogP contribution in [0, 0.1) is 18.8 Å². The zero-order chi connectivity index (χ0) is 44.9. The maximum absolute atomic E-state index is 14.2. The van der Waals surface area contributed by atoms with Crippen molar-refractivity contribution in [3.8, 4) is 22.5 Å². The van der Waals surface area contributed by atoms with Gasteiger partial charge in [-0.15, -0.1) is 0 Å². The van der Waals surface area contributed by atoms with Crippen LogP contribution in [-0.4, -0.2) is 76.5 Å². The molecule has 61 heavy (non-hydrogen) atoms. The molecule has 3 aromatic carbocycles. The minimum atomic E-state index is -6.57. The Labute approximate surface area is 346 Å². The lowest BCUT2D eigenvalue weighted by atomic mass is 9.81. The summed E-state index contributed by atoms with van der Waals surface area (Å²) in [6, 6.07) is 16.4. The first-order chi connectivity index (χ1) is 28.5. The number of carbonyl (C=O) groups excluding carboxylic acids is 4. The molecule has 19 heteroatoms. The average molecular weight is 863 g/mol. The Balaban J connectivity index is 1.29. The largest absolute Gasteiger partial charge is 0.465 e. The van der Waals surface area contributed by atoms with E-state index in [9.17, 15) is 49.9 Å². The van der Waals surface area contributed by atoms with Crippen molar-refractivity contribution in [1.29, 1.82) is 0 Å². The molecule has 0 bridgehead atoms. The molecule has 4 N–H and O–H groups in total. The van der Waals surface area contributed by atoms with Gasteiger partial charge in [-0.1, -0.05) is 30.3 Å². The van der Waals surface area contributed by atoms with Gasteiger partial charge in [0.15, 0.2) is 5.82 Å².